The molecular weight excluding hydrogens is 370 g/mol. The molecule has 6 heteroatoms. The fraction of sp³-hybridized carbons (Fsp3) is 0.545. The van der Waals surface area contributed by atoms with Gasteiger partial charge >= 0.3 is 0 Å². The van der Waals surface area contributed by atoms with Crippen LogP contribution in [0.2, 0.25) is 0 Å². The highest BCUT2D eigenvalue weighted by Gasteiger charge is 2.17. The van der Waals surface area contributed by atoms with Crippen molar-refractivity contribution in [3.63, 3.8) is 0 Å². The van der Waals surface area contributed by atoms with Crippen LogP contribution in [0, 0.1) is 5.92 Å². The topological polar surface area (TPSA) is 61.4 Å². The first-order chi connectivity index (χ1) is 13.4. The molecule has 0 aromatic heterocycles. The molecule has 0 saturated heterocycles. The van der Waals surface area contributed by atoms with E-state index in [-0.39, 0.29) is 0 Å². The zero-order chi connectivity index (χ0) is 20.0. The minimum atomic E-state index is -3.28. The van der Waals surface area contributed by atoms with Gasteiger partial charge in [0.2, 0.25) is 10.0 Å². The Labute approximate surface area is 169 Å². The minimum Gasteiger partial charge on any atom is -0.342 e. The lowest BCUT2D eigenvalue weighted by Crippen LogP contribution is -2.30. The molecule has 1 saturated carbocycles. The summed E-state index contributed by atoms with van der Waals surface area (Å²) in [7, 11) is -3.28. The Hall–Kier alpha value is -1.79. The third-order valence-corrected chi connectivity index (χ3v) is 6.16. The van der Waals surface area contributed by atoms with E-state index in [0.29, 0.717) is 11.7 Å². The van der Waals surface area contributed by atoms with E-state index in [0.717, 1.165) is 24.7 Å². The molecular formula is C22H33N3O2S. The average molecular weight is 404 g/mol. The van der Waals surface area contributed by atoms with Crippen molar-refractivity contribution in [2.24, 2.45) is 5.92 Å². The van der Waals surface area contributed by atoms with Gasteiger partial charge in [0.25, 0.3) is 0 Å². The molecule has 0 bridgehead atoms. The molecule has 2 aliphatic rings. The highest BCUT2D eigenvalue weighted by atomic mass is 32.2. The molecule has 1 heterocycles. The normalized spacial score (nSPS) is 19.4. The number of sulfonamides is 1. The molecule has 1 atom stereocenters. The van der Waals surface area contributed by atoms with Crippen molar-refractivity contribution in [1.82, 2.24) is 10.0 Å². The van der Waals surface area contributed by atoms with Gasteiger partial charge in [-0.05, 0) is 37.0 Å². The van der Waals surface area contributed by atoms with E-state index >= 15 is 0 Å². The summed E-state index contributed by atoms with van der Waals surface area (Å²) in [5.41, 5.74) is 2.92. The molecule has 3 rings (SSSR count). The van der Waals surface area contributed by atoms with Crippen molar-refractivity contribution < 1.29 is 8.42 Å². The summed E-state index contributed by atoms with van der Waals surface area (Å²) >= 11 is 0. The molecule has 5 nitrogen and oxygen atoms in total. The van der Waals surface area contributed by atoms with Gasteiger partial charge in [-0.3, -0.25) is 4.72 Å². The van der Waals surface area contributed by atoms with Crippen LogP contribution in [0.25, 0.3) is 0 Å². The lowest BCUT2D eigenvalue weighted by molar-refractivity contribution is 0.304. The highest BCUT2D eigenvalue weighted by Crippen LogP contribution is 2.28. The molecule has 28 heavy (non-hydrogen) atoms. The van der Waals surface area contributed by atoms with Crippen LogP contribution >= 0.6 is 0 Å². The fourth-order valence-electron chi connectivity index (χ4n) is 4.23. The number of hydrogen-bond acceptors (Lipinski definition) is 4. The van der Waals surface area contributed by atoms with E-state index in [2.05, 4.69) is 40.1 Å². The van der Waals surface area contributed by atoms with Crippen LogP contribution in [0.15, 0.2) is 48.3 Å². The smallest absolute Gasteiger partial charge is 0.229 e. The van der Waals surface area contributed by atoms with Crippen LogP contribution in [0.1, 0.15) is 51.0 Å². The van der Waals surface area contributed by atoms with Crippen LogP contribution in [0.4, 0.5) is 5.69 Å². The number of allylic oxidation sites excluding steroid dienone is 1. The molecule has 1 aromatic carbocycles. The van der Waals surface area contributed by atoms with Crippen molar-refractivity contribution in [3.05, 3.63) is 53.9 Å². The predicted octanol–water partition coefficient (Wildman–Crippen LogP) is 3.90. The molecule has 0 spiro atoms. The lowest BCUT2D eigenvalue weighted by atomic mass is 9.85. The monoisotopic (exact) mass is 403 g/mol. The van der Waals surface area contributed by atoms with Crippen LogP contribution in [-0.2, 0) is 16.6 Å². The molecule has 1 unspecified atom stereocenters. The Morgan fingerprint density at radius 1 is 1.18 bits per heavy atom. The Balaban J connectivity index is 1.63. The van der Waals surface area contributed by atoms with E-state index in [4.69, 9.17) is 0 Å². The molecule has 154 valence electrons. The Morgan fingerprint density at radius 2 is 1.93 bits per heavy atom. The van der Waals surface area contributed by atoms with E-state index < -0.39 is 10.0 Å². The number of hydrogen-bond donors (Lipinski definition) is 2. The third kappa shape index (κ3) is 6.38. The second kappa shape index (κ2) is 9.61. The Morgan fingerprint density at radius 3 is 2.68 bits per heavy atom. The van der Waals surface area contributed by atoms with Gasteiger partial charge < -0.3 is 10.2 Å². The van der Waals surface area contributed by atoms with Crippen LogP contribution in [0.5, 0.6) is 0 Å². The molecule has 1 fully saturated rings. The van der Waals surface area contributed by atoms with Crippen molar-refractivity contribution in [1.29, 1.82) is 0 Å². The lowest BCUT2D eigenvalue weighted by Gasteiger charge is -2.27. The molecule has 1 aromatic rings. The summed E-state index contributed by atoms with van der Waals surface area (Å²) in [6.07, 6.45) is 15.0. The number of nitrogens with zero attached hydrogens (tertiary/aromatic N) is 1. The zero-order valence-electron chi connectivity index (χ0n) is 17.0. The van der Waals surface area contributed by atoms with Gasteiger partial charge in [0.05, 0.1) is 12.0 Å². The summed E-state index contributed by atoms with van der Waals surface area (Å²) in [6.45, 7) is 3.82. The maximum atomic E-state index is 11.5. The second-order valence-electron chi connectivity index (χ2n) is 8.16. The van der Waals surface area contributed by atoms with Crippen LogP contribution in [0.3, 0.4) is 0 Å². The van der Waals surface area contributed by atoms with Gasteiger partial charge in [0.1, 0.15) is 0 Å². The van der Waals surface area contributed by atoms with Gasteiger partial charge in [0.15, 0.2) is 0 Å². The summed E-state index contributed by atoms with van der Waals surface area (Å²) in [5.74, 6) is 0.867. The maximum Gasteiger partial charge on any atom is 0.229 e. The van der Waals surface area contributed by atoms with Crippen molar-refractivity contribution in [2.75, 3.05) is 17.7 Å². The van der Waals surface area contributed by atoms with E-state index in [1.54, 1.807) is 0 Å². The predicted molar refractivity (Wildman–Crippen MR) is 116 cm³/mol. The minimum absolute atomic E-state index is 0.496. The van der Waals surface area contributed by atoms with Crippen molar-refractivity contribution in [2.45, 2.75) is 58.0 Å². The highest BCUT2D eigenvalue weighted by molar-refractivity contribution is 7.88. The van der Waals surface area contributed by atoms with Crippen LogP contribution < -0.4 is 14.9 Å². The van der Waals surface area contributed by atoms with Crippen molar-refractivity contribution >= 4 is 15.7 Å². The van der Waals surface area contributed by atoms with Gasteiger partial charge in [-0.1, -0.05) is 56.4 Å². The van der Waals surface area contributed by atoms with E-state index in [1.807, 2.05) is 24.4 Å². The van der Waals surface area contributed by atoms with Gasteiger partial charge in [0, 0.05) is 31.0 Å². The molecule has 0 amide bonds. The maximum absolute atomic E-state index is 11.5. The quantitative estimate of drug-likeness (QED) is 0.691. The number of anilines is 1. The van der Waals surface area contributed by atoms with Crippen LogP contribution in [-0.4, -0.2) is 27.3 Å². The molecule has 0 radical (unpaired) electrons. The number of benzene rings is 1. The molecule has 1 aliphatic carbocycles. The molecule has 2 N–H and O–H groups in total. The first-order valence-corrected chi connectivity index (χ1v) is 12.2. The average Bonchev–Trinajstić information content (AvgIpc) is 2.66. The van der Waals surface area contributed by atoms with E-state index in [9.17, 15) is 8.42 Å². The summed E-state index contributed by atoms with van der Waals surface area (Å²) in [5, 5.41) is 3.70. The standard InChI is InChI=1S/C22H33N3O2S/c1-18(15-19-9-4-3-5-10-19)23-16-20-11-6-7-13-22(20)25-14-8-12-21(17-25)24-28(2,26)27/h6-8,11-13,17-19,23-24H,3-5,9-10,14-16H2,1-2H3. The van der Waals surface area contributed by atoms with Gasteiger partial charge in [-0.15, -0.1) is 0 Å². The Bertz CT molecular complexity index is 811. The van der Waals surface area contributed by atoms with E-state index in [1.165, 1.54) is 50.3 Å². The number of para-hydroxylation sites is 1. The Kier molecular flexibility index (Phi) is 7.18. The largest absolute Gasteiger partial charge is 0.342 e. The fourth-order valence-corrected chi connectivity index (χ4v) is 4.78. The number of rotatable bonds is 8. The SMILES string of the molecule is CC(CC1CCCCC1)NCc1ccccc1N1C=C(NS(C)(=O)=O)C=CC1. The second-order valence-corrected chi connectivity index (χ2v) is 9.91. The first kappa shape index (κ1) is 20.9. The van der Waals surface area contributed by atoms with Crippen molar-refractivity contribution in [3.8, 4) is 0 Å². The zero-order valence-corrected chi connectivity index (χ0v) is 17.8. The summed E-state index contributed by atoms with van der Waals surface area (Å²) in [6, 6.07) is 8.82. The van der Waals surface area contributed by atoms with Gasteiger partial charge in [-0.2, -0.15) is 0 Å². The van der Waals surface area contributed by atoms with Gasteiger partial charge in [-0.25, -0.2) is 8.42 Å². The third-order valence-electron chi connectivity index (χ3n) is 5.55. The number of nitrogens with one attached hydrogen (secondary N) is 2. The summed E-state index contributed by atoms with van der Waals surface area (Å²) in [4.78, 5) is 2.09. The summed E-state index contributed by atoms with van der Waals surface area (Å²) < 4.78 is 25.6. The first-order valence-electron chi connectivity index (χ1n) is 10.3. The molecule has 1 aliphatic heterocycles.